The van der Waals surface area contributed by atoms with Crippen LogP contribution < -0.4 is 5.73 Å². The van der Waals surface area contributed by atoms with Gasteiger partial charge in [-0.1, -0.05) is 116 Å². The third kappa shape index (κ3) is 4.09. The van der Waals surface area contributed by atoms with Crippen molar-refractivity contribution < 1.29 is 0 Å². The van der Waals surface area contributed by atoms with Crippen LogP contribution in [0.1, 0.15) is 18.9 Å². The topological polar surface area (TPSA) is 26.0 Å². The van der Waals surface area contributed by atoms with Crippen molar-refractivity contribution in [2.24, 2.45) is 5.73 Å². The van der Waals surface area contributed by atoms with Crippen LogP contribution in [0.15, 0.2) is 134 Å². The fourth-order valence-corrected chi connectivity index (χ4v) is 5.56. The molecule has 0 fully saturated rings. The number of hydrogen-bond donors (Lipinski definition) is 1. The smallest absolute Gasteiger partial charge is 0.00262 e. The Morgan fingerprint density at radius 3 is 1.76 bits per heavy atom. The van der Waals surface area contributed by atoms with Gasteiger partial charge in [0.1, 0.15) is 0 Å². The molecule has 0 heterocycles. The molecular weight excluding hydrogens is 446 g/mol. The predicted octanol–water partition coefficient (Wildman–Crippen LogP) is 9.75. The van der Waals surface area contributed by atoms with Crippen molar-refractivity contribution in [3.05, 3.63) is 139 Å². The van der Waals surface area contributed by atoms with E-state index in [9.17, 15) is 0 Å². The van der Waals surface area contributed by atoms with Crippen LogP contribution in [0.25, 0.3) is 60.1 Å². The minimum atomic E-state index is 0.955. The van der Waals surface area contributed by atoms with Crippen LogP contribution in [0.3, 0.4) is 0 Å². The first-order valence-electron chi connectivity index (χ1n) is 12.9. The molecule has 1 nitrogen and oxygen atoms in total. The highest BCUT2D eigenvalue weighted by atomic mass is 14.5. The minimum absolute atomic E-state index is 0.955. The molecule has 6 rings (SSSR count). The Labute approximate surface area is 218 Å². The standard InChI is InChI=1S/C36H29N/c1-2-10-25(21-22-37)28-13-9-14-29(23-28)35-31-15-5-7-17-33(31)36(34-18-8-6-16-32(34)35)30-20-19-26-11-3-4-12-27(26)24-30/h3-24H,2,37H2,1H3/b22-21-,25-10+. The van der Waals surface area contributed by atoms with Crippen molar-refractivity contribution in [3.63, 3.8) is 0 Å². The normalized spacial score (nSPS) is 12.2. The van der Waals surface area contributed by atoms with Gasteiger partial charge in [0.25, 0.3) is 0 Å². The van der Waals surface area contributed by atoms with E-state index >= 15 is 0 Å². The van der Waals surface area contributed by atoms with E-state index in [2.05, 4.69) is 128 Å². The van der Waals surface area contributed by atoms with Crippen molar-refractivity contribution in [3.8, 4) is 22.3 Å². The van der Waals surface area contributed by atoms with Crippen molar-refractivity contribution in [1.29, 1.82) is 0 Å². The molecule has 2 N–H and O–H groups in total. The van der Waals surface area contributed by atoms with Crippen molar-refractivity contribution in [2.75, 3.05) is 0 Å². The summed E-state index contributed by atoms with van der Waals surface area (Å²) in [5.41, 5.74) is 13.1. The van der Waals surface area contributed by atoms with E-state index in [4.69, 9.17) is 5.73 Å². The molecule has 6 aromatic carbocycles. The van der Waals surface area contributed by atoms with Gasteiger partial charge in [0.05, 0.1) is 0 Å². The fourth-order valence-electron chi connectivity index (χ4n) is 5.56. The minimum Gasteiger partial charge on any atom is -0.405 e. The Balaban J connectivity index is 1.67. The van der Waals surface area contributed by atoms with Crippen molar-refractivity contribution in [2.45, 2.75) is 13.3 Å². The molecule has 6 aromatic rings. The highest BCUT2D eigenvalue weighted by Crippen LogP contribution is 2.44. The summed E-state index contributed by atoms with van der Waals surface area (Å²) in [7, 11) is 0. The first kappa shape index (κ1) is 22.8. The SMILES string of the molecule is CC/C=C(\C=C/N)c1cccc(-c2c3ccccc3c(-c3ccc4ccccc4c3)c3ccccc23)c1. The predicted molar refractivity (Wildman–Crippen MR) is 161 cm³/mol. The van der Waals surface area contributed by atoms with Gasteiger partial charge < -0.3 is 5.73 Å². The van der Waals surface area contributed by atoms with Gasteiger partial charge >= 0.3 is 0 Å². The highest BCUT2D eigenvalue weighted by molar-refractivity contribution is 6.21. The third-order valence-corrected chi connectivity index (χ3v) is 7.15. The van der Waals surface area contributed by atoms with Gasteiger partial charge in [0, 0.05) is 0 Å². The largest absolute Gasteiger partial charge is 0.405 e. The average molecular weight is 476 g/mol. The van der Waals surface area contributed by atoms with Gasteiger partial charge in [0.2, 0.25) is 0 Å². The molecule has 0 radical (unpaired) electrons. The van der Waals surface area contributed by atoms with Crippen LogP contribution in [0.5, 0.6) is 0 Å². The van der Waals surface area contributed by atoms with E-state index in [0.29, 0.717) is 0 Å². The average Bonchev–Trinajstić information content (AvgIpc) is 2.95. The van der Waals surface area contributed by atoms with Gasteiger partial charge in [-0.05, 0) is 96.5 Å². The van der Waals surface area contributed by atoms with Gasteiger partial charge in [-0.3, -0.25) is 0 Å². The van der Waals surface area contributed by atoms with Gasteiger partial charge in [0.15, 0.2) is 0 Å². The summed E-state index contributed by atoms with van der Waals surface area (Å²) < 4.78 is 0. The number of allylic oxidation sites excluding steroid dienone is 3. The molecule has 0 bridgehead atoms. The Hall–Kier alpha value is -4.62. The van der Waals surface area contributed by atoms with Gasteiger partial charge in [-0.15, -0.1) is 0 Å². The van der Waals surface area contributed by atoms with E-state index in [1.165, 1.54) is 60.1 Å². The van der Waals surface area contributed by atoms with Crippen LogP contribution in [0, 0.1) is 0 Å². The van der Waals surface area contributed by atoms with E-state index in [1.807, 2.05) is 6.08 Å². The van der Waals surface area contributed by atoms with E-state index in [1.54, 1.807) is 6.20 Å². The first-order valence-corrected chi connectivity index (χ1v) is 12.9. The summed E-state index contributed by atoms with van der Waals surface area (Å²) in [4.78, 5) is 0. The summed E-state index contributed by atoms with van der Waals surface area (Å²) in [6, 6.07) is 41.9. The van der Waals surface area contributed by atoms with E-state index in [0.717, 1.165) is 12.0 Å². The van der Waals surface area contributed by atoms with Crippen LogP contribution in [0.2, 0.25) is 0 Å². The van der Waals surface area contributed by atoms with E-state index in [-0.39, 0.29) is 0 Å². The zero-order valence-electron chi connectivity index (χ0n) is 21.0. The van der Waals surface area contributed by atoms with Gasteiger partial charge in [-0.2, -0.15) is 0 Å². The molecule has 0 aliphatic carbocycles. The second kappa shape index (κ2) is 9.79. The number of nitrogens with two attached hydrogens (primary N) is 1. The molecule has 178 valence electrons. The molecule has 0 unspecified atom stereocenters. The molecular formula is C36H29N. The van der Waals surface area contributed by atoms with Crippen LogP contribution >= 0.6 is 0 Å². The second-order valence-corrected chi connectivity index (χ2v) is 9.41. The maximum atomic E-state index is 5.78. The summed E-state index contributed by atoms with van der Waals surface area (Å²) in [6.45, 7) is 2.15. The molecule has 0 atom stereocenters. The lowest BCUT2D eigenvalue weighted by Crippen LogP contribution is -1.92. The molecule has 0 aliphatic heterocycles. The number of fused-ring (bicyclic) bond motifs is 3. The molecule has 0 amide bonds. The molecule has 0 aromatic heterocycles. The summed E-state index contributed by atoms with van der Waals surface area (Å²) in [6.07, 6.45) is 6.79. The van der Waals surface area contributed by atoms with Crippen molar-refractivity contribution >= 4 is 37.9 Å². The Morgan fingerprint density at radius 2 is 1.16 bits per heavy atom. The molecule has 0 saturated heterocycles. The molecule has 0 spiro atoms. The lowest BCUT2D eigenvalue weighted by atomic mass is 9.85. The van der Waals surface area contributed by atoms with Crippen molar-refractivity contribution in [1.82, 2.24) is 0 Å². The monoisotopic (exact) mass is 475 g/mol. The van der Waals surface area contributed by atoms with Crippen LogP contribution in [-0.4, -0.2) is 0 Å². The number of rotatable bonds is 5. The molecule has 0 aliphatic rings. The summed E-state index contributed by atoms with van der Waals surface area (Å²) in [5.74, 6) is 0. The van der Waals surface area contributed by atoms with E-state index < -0.39 is 0 Å². The number of benzene rings is 6. The molecule has 1 heteroatoms. The maximum Gasteiger partial charge on any atom is -0.00262 e. The third-order valence-electron chi connectivity index (χ3n) is 7.15. The number of hydrogen-bond acceptors (Lipinski definition) is 1. The zero-order valence-corrected chi connectivity index (χ0v) is 21.0. The fraction of sp³-hybridized carbons (Fsp3) is 0.0556. The zero-order chi connectivity index (χ0) is 25.2. The quantitative estimate of drug-likeness (QED) is 0.195. The Bertz CT molecular complexity index is 1760. The molecule has 0 saturated carbocycles. The Kier molecular flexibility index (Phi) is 6.04. The van der Waals surface area contributed by atoms with Crippen LogP contribution in [-0.2, 0) is 0 Å². The highest BCUT2D eigenvalue weighted by Gasteiger charge is 2.17. The lowest BCUT2D eigenvalue weighted by Gasteiger charge is -2.18. The van der Waals surface area contributed by atoms with Crippen LogP contribution in [0.4, 0.5) is 0 Å². The first-order chi connectivity index (χ1) is 18.3. The Morgan fingerprint density at radius 1 is 0.595 bits per heavy atom. The second-order valence-electron chi connectivity index (χ2n) is 9.41. The maximum absolute atomic E-state index is 5.78. The van der Waals surface area contributed by atoms with Gasteiger partial charge in [-0.25, -0.2) is 0 Å². The molecule has 37 heavy (non-hydrogen) atoms. The summed E-state index contributed by atoms with van der Waals surface area (Å²) >= 11 is 0. The summed E-state index contributed by atoms with van der Waals surface area (Å²) in [5, 5.41) is 7.57. The lowest BCUT2D eigenvalue weighted by molar-refractivity contribution is 1.23.